The van der Waals surface area contributed by atoms with Crippen LogP contribution in [0.3, 0.4) is 0 Å². The van der Waals surface area contributed by atoms with Crippen LogP contribution in [0, 0.1) is 0 Å². The summed E-state index contributed by atoms with van der Waals surface area (Å²) in [5.41, 5.74) is 0.647. The lowest BCUT2D eigenvalue weighted by Crippen LogP contribution is -2.44. The van der Waals surface area contributed by atoms with Crippen LogP contribution in [0.2, 0.25) is 0 Å². The number of nitrogens with zero attached hydrogens (tertiary/aromatic N) is 2. The number of ether oxygens (including phenoxy) is 2. The number of esters is 2. The van der Waals surface area contributed by atoms with Crippen LogP contribution in [-0.2, 0) is 19.1 Å². The number of hydrogen-bond acceptors (Lipinski definition) is 6. The van der Waals surface area contributed by atoms with Gasteiger partial charge in [0.25, 0.3) is 0 Å². The first kappa shape index (κ1) is 16.5. The zero-order valence-corrected chi connectivity index (χ0v) is 12.8. The molecule has 0 aromatic rings. The molecule has 0 N–H and O–H groups in total. The Morgan fingerprint density at radius 2 is 1.40 bits per heavy atom. The van der Waals surface area contributed by atoms with Crippen molar-refractivity contribution in [2.45, 2.75) is 20.8 Å². The second kappa shape index (κ2) is 7.89. The van der Waals surface area contributed by atoms with Crippen LogP contribution in [0.1, 0.15) is 20.8 Å². The average Bonchev–Trinajstić information content (AvgIpc) is 2.40. The molecule has 0 saturated carbocycles. The molecular weight excluding hydrogens is 260 g/mol. The van der Waals surface area contributed by atoms with Crippen molar-refractivity contribution in [2.75, 3.05) is 46.4 Å². The first-order chi connectivity index (χ1) is 9.51. The molecule has 0 atom stereocenters. The highest BCUT2D eigenvalue weighted by Crippen LogP contribution is 2.16. The molecule has 0 unspecified atom stereocenters. The van der Waals surface area contributed by atoms with Gasteiger partial charge >= 0.3 is 11.9 Å². The number of likely N-dealkylation sites (N-methyl/N-ethyl adjacent to an activating group) is 1. The van der Waals surface area contributed by atoms with Gasteiger partial charge in [-0.2, -0.15) is 0 Å². The van der Waals surface area contributed by atoms with E-state index in [1.165, 1.54) is 0 Å². The summed E-state index contributed by atoms with van der Waals surface area (Å²) < 4.78 is 9.94. The molecule has 0 spiro atoms. The Balaban J connectivity index is 2.96. The minimum atomic E-state index is -0.609. The topological polar surface area (TPSA) is 59.1 Å². The Morgan fingerprint density at radius 3 is 1.80 bits per heavy atom. The van der Waals surface area contributed by atoms with E-state index in [1.807, 2.05) is 11.9 Å². The zero-order valence-electron chi connectivity index (χ0n) is 12.8. The van der Waals surface area contributed by atoms with E-state index >= 15 is 0 Å². The summed E-state index contributed by atoms with van der Waals surface area (Å²) in [5.74, 6) is -1.22. The molecule has 114 valence electrons. The molecule has 0 aromatic carbocycles. The van der Waals surface area contributed by atoms with Crippen LogP contribution in [0.15, 0.2) is 11.3 Å². The number of hydrogen-bond donors (Lipinski definition) is 0. The van der Waals surface area contributed by atoms with Crippen molar-refractivity contribution < 1.29 is 19.1 Å². The van der Waals surface area contributed by atoms with Gasteiger partial charge in [0.1, 0.15) is 0 Å². The normalized spacial score (nSPS) is 15.7. The molecule has 0 bridgehead atoms. The summed E-state index contributed by atoms with van der Waals surface area (Å²) in [6.07, 6.45) is 0. The molecule has 20 heavy (non-hydrogen) atoms. The Morgan fingerprint density at radius 1 is 0.950 bits per heavy atom. The summed E-state index contributed by atoms with van der Waals surface area (Å²) in [6, 6.07) is 0. The molecule has 1 saturated heterocycles. The molecule has 0 aliphatic carbocycles. The summed E-state index contributed by atoms with van der Waals surface area (Å²) >= 11 is 0. The molecule has 1 fully saturated rings. The number of rotatable bonds is 5. The van der Waals surface area contributed by atoms with E-state index in [9.17, 15) is 9.59 Å². The van der Waals surface area contributed by atoms with Crippen LogP contribution in [0.4, 0.5) is 0 Å². The monoisotopic (exact) mass is 284 g/mol. The molecule has 6 nitrogen and oxygen atoms in total. The Hall–Kier alpha value is -1.56. The summed E-state index contributed by atoms with van der Waals surface area (Å²) in [4.78, 5) is 28.2. The van der Waals surface area contributed by atoms with Gasteiger partial charge in [0.2, 0.25) is 0 Å². The minimum Gasteiger partial charge on any atom is -0.462 e. The van der Waals surface area contributed by atoms with Crippen LogP contribution in [0.25, 0.3) is 0 Å². The van der Waals surface area contributed by atoms with Gasteiger partial charge in [0.15, 0.2) is 5.57 Å². The fourth-order valence-corrected chi connectivity index (χ4v) is 2.09. The molecule has 1 aliphatic heterocycles. The third kappa shape index (κ3) is 4.23. The maximum atomic E-state index is 12.0. The van der Waals surface area contributed by atoms with Gasteiger partial charge in [-0.15, -0.1) is 0 Å². The number of allylic oxidation sites excluding steroid dienone is 1. The van der Waals surface area contributed by atoms with Crippen molar-refractivity contribution >= 4 is 11.9 Å². The van der Waals surface area contributed by atoms with E-state index in [2.05, 4.69) is 4.90 Å². The van der Waals surface area contributed by atoms with Gasteiger partial charge in [0, 0.05) is 31.9 Å². The van der Waals surface area contributed by atoms with E-state index in [4.69, 9.17) is 9.47 Å². The van der Waals surface area contributed by atoms with E-state index in [1.54, 1.807) is 20.8 Å². The summed E-state index contributed by atoms with van der Waals surface area (Å²) in [5, 5.41) is 0. The Kier molecular flexibility index (Phi) is 6.51. The zero-order chi connectivity index (χ0) is 15.1. The van der Waals surface area contributed by atoms with Crippen molar-refractivity contribution in [2.24, 2.45) is 0 Å². The maximum absolute atomic E-state index is 12.0. The molecule has 1 heterocycles. The smallest absolute Gasteiger partial charge is 0.347 e. The largest absolute Gasteiger partial charge is 0.462 e. The van der Waals surface area contributed by atoms with E-state index in [0.717, 1.165) is 26.2 Å². The van der Waals surface area contributed by atoms with Crippen molar-refractivity contribution in [3.05, 3.63) is 11.3 Å². The second-order valence-corrected chi connectivity index (χ2v) is 4.69. The lowest BCUT2D eigenvalue weighted by Gasteiger charge is -2.35. The van der Waals surface area contributed by atoms with Crippen molar-refractivity contribution in [1.29, 1.82) is 0 Å². The fraction of sp³-hybridized carbons (Fsp3) is 0.714. The highest BCUT2D eigenvalue weighted by molar-refractivity contribution is 6.14. The van der Waals surface area contributed by atoms with Gasteiger partial charge in [0.05, 0.1) is 13.2 Å². The van der Waals surface area contributed by atoms with Crippen molar-refractivity contribution in [3.63, 3.8) is 0 Å². The third-order valence-electron chi connectivity index (χ3n) is 3.30. The molecular formula is C14H24N2O4. The van der Waals surface area contributed by atoms with Crippen molar-refractivity contribution in [1.82, 2.24) is 9.80 Å². The predicted octanol–water partition coefficient (Wildman–Crippen LogP) is 0.634. The molecule has 0 aromatic heterocycles. The molecule has 1 aliphatic rings. The first-order valence-electron chi connectivity index (χ1n) is 6.99. The lowest BCUT2D eigenvalue weighted by molar-refractivity contribution is -0.146. The SMILES string of the molecule is CCOC(=O)C(C(=O)OCC)=C(C)N1CCN(C)CC1. The van der Waals surface area contributed by atoms with Gasteiger partial charge in [-0.25, -0.2) is 9.59 Å². The highest BCUT2D eigenvalue weighted by Gasteiger charge is 2.27. The average molecular weight is 284 g/mol. The number of carbonyl (C=O) groups is 2. The molecule has 0 radical (unpaired) electrons. The van der Waals surface area contributed by atoms with E-state index < -0.39 is 11.9 Å². The van der Waals surface area contributed by atoms with E-state index in [-0.39, 0.29) is 18.8 Å². The number of carbonyl (C=O) groups excluding carboxylic acids is 2. The maximum Gasteiger partial charge on any atom is 0.347 e. The minimum absolute atomic E-state index is 0.0123. The van der Waals surface area contributed by atoms with Gasteiger partial charge in [-0.1, -0.05) is 0 Å². The van der Waals surface area contributed by atoms with Gasteiger partial charge < -0.3 is 19.3 Å². The second-order valence-electron chi connectivity index (χ2n) is 4.69. The lowest BCUT2D eigenvalue weighted by atomic mass is 10.1. The summed E-state index contributed by atoms with van der Waals surface area (Å²) in [7, 11) is 2.05. The van der Waals surface area contributed by atoms with Crippen LogP contribution < -0.4 is 0 Å². The fourth-order valence-electron chi connectivity index (χ4n) is 2.09. The Bertz CT molecular complexity index is 365. The highest BCUT2D eigenvalue weighted by atomic mass is 16.6. The standard InChI is InChI=1S/C14H24N2O4/c1-5-19-13(17)12(14(18)20-6-2)11(3)16-9-7-15(4)8-10-16/h5-10H2,1-4H3. The molecule has 1 rings (SSSR count). The van der Waals surface area contributed by atoms with Crippen LogP contribution in [-0.4, -0.2) is 68.2 Å². The van der Waals surface area contributed by atoms with Crippen LogP contribution in [0.5, 0.6) is 0 Å². The van der Waals surface area contributed by atoms with Gasteiger partial charge in [-0.3, -0.25) is 0 Å². The summed E-state index contributed by atoms with van der Waals surface area (Å²) in [6.45, 7) is 9.03. The van der Waals surface area contributed by atoms with E-state index in [0.29, 0.717) is 5.70 Å². The third-order valence-corrected chi connectivity index (χ3v) is 3.30. The van der Waals surface area contributed by atoms with Crippen molar-refractivity contribution in [3.8, 4) is 0 Å². The predicted molar refractivity (Wildman–Crippen MR) is 75.0 cm³/mol. The molecule has 6 heteroatoms. The molecule has 0 amide bonds. The van der Waals surface area contributed by atoms with Crippen LogP contribution >= 0.6 is 0 Å². The van der Waals surface area contributed by atoms with Gasteiger partial charge in [-0.05, 0) is 27.8 Å². The number of piperazine rings is 1. The first-order valence-corrected chi connectivity index (χ1v) is 6.99. The Labute approximate surface area is 120 Å². The quantitative estimate of drug-likeness (QED) is 0.319.